The van der Waals surface area contributed by atoms with Crippen molar-refractivity contribution in [3.8, 4) is 6.07 Å². The van der Waals surface area contributed by atoms with Crippen molar-refractivity contribution in [1.29, 1.82) is 5.26 Å². The van der Waals surface area contributed by atoms with Gasteiger partial charge in [0.05, 0.1) is 11.7 Å². The van der Waals surface area contributed by atoms with Crippen molar-refractivity contribution in [3.05, 3.63) is 23.5 Å². The van der Waals surface area contributed by atoms with Crippen LogP contribution < -0.4 is 0 Å². The van der Waals surface area contributed by atoms with Crippen LogP contribution in [0.3, 0.4) is 0 Å². The zero-order valence-electron chi connectivity index (χ0n) is 8.91. The molecule has 0 bridgehead atoms. The molecule has 0 aromatic carbocycles. The third kappa shape index (κ3) is 3.13. The first-order chi connectivity index (χ1) is 7.17. The summed E-state index contributed by atoms with van der Waals surface area (Å²) in [6.45, 7) is 3.90. The Bertz CT molecular complexity index is 376. The molecule has 1 aromatic rings. The Kier molecular flexibility index (Phi) is 3.92. The quantitative estimate of drug-likeness (QED) is 0.768. The lowest BCUT2D eigenvalue weighted by molar-refractivity contribution is 0.0323. The van der Waals surface area contributed by atoms with Crippen molar-refractivity contribution in [2.75, 3.05) is 0 Å². The highest BCUT2D eigenvalue weighted by atomic mass is 16.5. The maximum atomic E-state index is 11.5. The van der Waals surface area contributed by atoms with Crippen molar-refractivity contribution in [1.82, 2.24) is 4.98 Å². The number of aromatic nitrogens is 1. The highest BCUT2D eigenvalue weighted by molar-refractivity contribution is 5.89. The predicted octanol–water partition coefficient (Wildman–Crippen LogP) is 2.23. The van der Waals surface area contributed by atoms with Gasteiger partial charge in [0.2, 0.25) is 0 Å². The smallest absolute Gasteiger partial charge is 0.339 e. The average molecular weight is 206 g/mol. The highest BCUT2D eigenvalue weighted by Gasteiger charge is 2.12. The minimum Gasteiger partial charge on any atom is -0.459 e. The Morgan fingerprint density at radius 3 is 3.00 bits per heavy atom. The molecule has 0 unspecified atom stereocenters. The van der Waals surface area contributed by atoms with Crippen molar-refractivity contribution in [2.24, 2.45) is 0 Å². The van der Waals surface area contributed by atoms with Gasteiger partial charge < -0.3 is 9.72 Å². The van der Waals surface area contributed by atoms with E-state index in [1.54, 1.807) is 0 Å². The minimum absolute atomic E-state index is 0.0806. The van der Waals surface area contributed by atoms with Crippen LogP contribution >= 0.6 is 0 Å². The van der Waals surface area contributed by atoms with Crippen LogP contribution in [0.5, 0.6) is 0 Å². The second-order valence-corrected chi connectivity index (χ2v) is 3.42. The van der Waals surface area contributed by atoms with Crippen LogP contribution in [0.4, 0.5) is 0 Å². The number of rotatable bonds is 4. The number of carbonyl (C=O) groups excluding carboxylic acids is 1. The lowest BCUT2D eigenvalue weighted by Crippen LogP contribution is -2.14. The number of nitriles is 1. The summed E-state index contributed by atoms with van der Waals surface area (Å²) in [5, 5.41) is 8.57. The van der Waals surface area contributed by atoms with Crippen LogP contribution in [0, 0.1) is 11.3 Å². The summed E-state index contributed by atoms with van der Waals surface area (Å²) in [7, 11) is 0. The van der Waals surface area contributed by atoms with Gasteiger partial charge in [0, 0.05) is 6.20 Å². The zero-order chi connectivity index (χ0) is 11.3. The van der Waals surface area contributed by atoms with E-state index >= 15 is 0 Å². The van der Waals surface area contributed by atoms with E-state index in [1.165, 1.54) is 12.3 Å². The summed E-state index contributed by atoms with van der Waals surface area (Å²) >= 11 is 0. The number of nitrogens with one attached hydrogen (secondary N) is 1. The second-order valence-electron chi connectivity index (χ2n) is 3.42. The third-order valence-electron chi connectivity index (χ3n) is 2.04. The number of ether oxygens (including phenoxy) is 1. The van der Waals surface area contributed by atoms with Crippen LogP contribution in [0.25, 0.3) is 0 Å². The SMILES string of the molecule is CCC[C@@H](C)OC(=O)c1c[nH]c(C#N)c1. The Hall–Kier alpha value is -1.76. The molecule has 1 N–H and O–H groups in total. The number of hydrogen-bond donors (Lipinski definition) is 1. The maximum Gasteiger partial charge on any atom is 0.339 e. The van der Waals surface area contributed by atoms with Crippen molar-refractivity contribution < 1.29 is 9.53 Å². The van der Waals surface area contributed by atoms with Crippen LogP contribution in [-0.4, -0.2) is 17.1 Å². The molecule has 0 aliphatic rings. The fourth-order valence-corrected chi connectivity index (χ4v) is 1.29. The molecule has 0 aliphatic carbocycles. The van der Waals surface area contributed by atoms with Crippen molar-refractivity contribution in [2.45, 2.75) is 32.8 Å². The molecule has 15 heavy (non-hydrogen) atoms. The van der Waals surface area contributed by atoms with Gasteiger partial charge in [-0.2, -0.15) is 5.26 Å². The Morgan fingerprint density at radius 1 is 1.73 bits per heavy atom. The van der Waals surface area contributed by atoms with Gasteiger partial charge in [-0.15, -0.1) is 0 Å². The number of carbonyl (C=O) groups is 1. The van der Waals surface area contributed by atoms with Crippen molar-refractivity contribution in [3.63, 3.8) is 0 Å². The lowest BCUT2D eigenvalue weighted by Gasteiger charge is -2.10. The number of nitrogens with zero attached hydrogens (tertiary/aromatic N) is 1. The van der Waals surface area contributed by atoms with Gasteiger partial charge in [0.25, 0.3) is 0 Å². The van der Waals surface area contributed by atoms with E-state index in [1.807, 2.05) is 19.9 Å². The number of H-pyrrole nitrogens is 1. The maximum absolute atomic E-state index is 11.5. The minimum atomic E-state index is -0.381. The monoisotopic (exact) mass is 206 g/mol. The van der Waals surface area contributed by atoms with E-state index in [0.717, 1.165) is 12.8 Å². The Labute approximate surface area is 88.9 Å². The fraction of sp³-hybridized carbons (Fsp3) is 0.455. The van der Waals surface area contributed by atoms with Gasteiger partial charge >= 0.3 is 5.97 Å². The molecule has 0 amide bonds. The van der Waals surface area contributed by atoms with E-state index in [4.69, 9.17) is 10.00 Å². The van der Waals surface area contributed by atoms with Crippen LogP contribution in [-0.2, 0) is 4.74 Å². The standard InChI is InChI=1S/C11H14N2O2/c1-3-4-8(2)15-11(14)9-5-10(6-12)13-7-9/h5,7-8,13H,3-4H2,1-2H3/t8-/m1/s1. The molecule has 0 saturated heterocycles. The summed E-state index contributed by atoms with van der Waals surface area (Å²) in [6, 6.07) is 3.40. The summed E-state index contributed by atoms with van der Waals surface area (Å²) < 4.78 is 5.17. The number of esters is 1. The van der Waals surface area contributed by atoms with E-state index in [2.05, 4.69) is 4.98 Å². The first-order valence-electron chi connectivity index (χ1n) is 4.96. The van der Waals surface area contributed by atoms with Crippen LogP contribution in [0.15, 0.2) is 12.3 Å². The van der Waals surface area contributed by atoms with Crippen LogP contribution in [0.1, 0.15) is 42.7 Å². The van der Waals surface area contributed by atoms with E-state index in [-0.39, 0.29) is 12.1 Å². The molecule has 1 aromatic heterocycles. The molecular weight excluding hydrogens is 192 g/mol. The van der Waals surface area contributed by atoms with Gasteiger partial charge in [-0.3, -0.25) is 0 Å². The molecule has 0 spiro atoms. The molecule has 0 aliphatic heterocycles. The topological polar surface area (TPSA) is 65.9 Å². The average Bonchev–Trinajstić information content (AvgIpc) is 2.66. The summed E-state index contributed by atoms with van der Waals surface area (Å²) in [6.07, 6.45) is 3.23. The highest BCUT2D eigenvalue weighted by Crippen LogP contribution is 2.08. The van der Waals surface area contributed by atoms with Crippen molar-refractivity contribution >= 4 is 5.97 Å². The molecular formula is C11H14N2O2. The fourth-order valence-electron chi connectivity index (χ4n) is 1.29. The van der Waals surface area contributed by atoms with Gasteiger partial charge in [0.15, 0.2) is 0 Å². The molecule has 0 fully saturated rings. The first-order valence-corrected chi connectivity index (χ1v) is 4.96. The summed E-state index contributed by atoms with van der Waals surface area (Å²) in [5.41, 5.74) is 0.764. The predicted molar refractivity (Wildman–Crippen MR) is 55.3 cm³/mol. The molecule has 1 atom stereocenters. The largest absolute Gasteiger partial charge is 0.459 e. The third-order valence-corrected chi connectivity index (χ3v) is 2.04. The zero-order valence-corrected chi connectivity index (χ0v) is 8.91. The lowest BCUT2D eigenvalue weighted by atomic mass is 10.2. The normalized spacial score (nSPS) is 11.8. The molecule has 4 nitrogen and oxygen atoms in total. The van der Waals surface area contributed by atoms with Gasteiger partial charge in [0.1, 0.15) is 11.8 Å². The van der Waals surface area contributed by atoms with E-state index in [9.17, 15) is 4.79 Å². The van der Waals surface area contributed by atoms with E-state index in [0.29, 0.717) is 11.3 Å². The summed E-state index contributed by atoms with van der Waals surface area (Å²) in [5.74, 6) is -0.381. The van der Waals surface area contributed by atoms with Gasteiger partial charge in [-0.05, 0) is 19.4 Å². The Balaban J connectivity index is 2.58. The molecule has 0 radical (unpaired) electrons. The van der Waals surface area contributed by atoms with E-state index < -0.39 is 0 Å². The van der Waals surface area contributed by atoms with Gasteiger partial charge in [-0.1, -0.05) is 13.3 Å². The molecule has 4 heteroatoms. The second kappa shape index (κ2) is 5.20. The molecule has 0 saturated carbocycles. The first kappa shape index (κ1) is 11.3. The number of aromatic amines is 1. The summed E-state index contributed by atoms with van der Waals surface area (Å²) in [4.78, 5) is 14.2. The number of hydrogen-bond acceptors (Lipinski definition) is 3. The van der Waals surface area contributed by atoms with Gasteiger partial charge in [-0.25, -0.2) is 4.79 Å². The molecule has 1 rings (SSSR count). The molecule has 80 valence electrons. The molecule has 1 heterocycles. The Morgan fingerprint density at radius 2 is 2.47 bits per heavy atom. The van der Waals surface area contributed by atoms with Crippen LogP contribution in [0.2, 0.25) is 0 Å².